The van der Waals surface area contributed by atoms with E-state index in [1.54, 1.807) is 6.33 Å². The fraction of sp³-hybridized carbons (Fsp3) is 0.536. The van der Waals surface area contributed by atoms with Gasteiger partial charge < -0.3 is 24.8 Å². The molecule has 2 fully saturated rings. The average molecular weight is 460 g/mol. The van der Waals surface area contributed by atoms with Gasteiger partial charge >= 0.3 is 0 Å². The molecule has 3 aliphatic carbocycles. The molecule has 0 radical (unpaired) electrons. The maximum absolute atomic E-state index is 11.1. The maximum Gasteiger partial charge on any atom is 0.105 e. The lowest BCUT2D eigenvalue weighted by Crippen LogP contribution is -2.61. The minimum absolute atomic E-state index is 0.0158. The molecule has 34 heavy (non-hydrogen) atoms. The largest absolute Gasteiger partial charge is 0.388 e. The van der Waals surface area contributed by atoms with Crippen molar-refractivity contribution in [1.29, 1.82) is 0 Å². The van der Waals surface area contributed by atoms with E-state index in [1.165, 1.54) is 16.7 Å². The van der Waals surface area contributed by atoms with E-state index in [9.17, 15) is 10.2 Å². The quantitative estimate of drug-likeness (QED) is 0.640. The Kier molecular flexibility index (Phi) is 4.15. The first-order chi connectivity index (χ1) is 16.3. The van der Waals surface area contributed by atoms with Crippen molar-refractivity contribution < 1.29 is 14.9 Å². The topological polar surface area (TPSA) is 81.6 Å². The predicted molar refractivity (Wildman–Crippen MR) is 131 cm³/mol. The minimum Gasteiger partial charge on any atom is -0.388 e. The van der Waals surface area contributed by atoms with Gasteiger partial charge in [0.15, 0.2) is 0 Å². The summed E-state index contributed by atoms with van der Waals surface area (Å²) in [5.74, 6) is 0.351. The molecular formula is C28H33N3O3. The number of hydrogen-bond donors (Lipinski definition) is 3. The number of fused-ring (bicyclic) bond motifs is 2. The number of aliphatic hydroxyl groups excluding tert-OH is 2. The summed E-state index contributed by atoms with van der Waals surface area (Å²) in [6.07, 6.45) is 11.6. The molecule has 6 heteroatoms. The second-order valence-corrected chi connectivity index (χ2v) is 11.6. The van der Waals surface area contributed by atoms with E-state index in [1.807, 2.05) is 19.0 Å². The third kappa shape index (κ3) is 2.47. The van der Waals surface area contributed by atoms with E-state index in [4.69, 9.17) is 4.74 Å². The molecule has 6 nitrogen and oxygen atoms in total. The molecule has 0 amide bonds. The highest BCUT2D eigenvalue weighted by atomic mass is 16.5. The molecular weight excluding hydrogens is 426 g/mol. The van der Waals surface area contributed by atoms with E-state index in [0.29, 0.717) is 5.92 Å². The summed E-state index contributed by atoms with van der Waals surface area (Å²) in [5, 5.41) is 22.0. The van der Waals surface area contributed by atoms with Crippen LogP contribution in [0.5, 0.6) is 0 Å². The Labute approximate surface area is 200 Å². The first kappa shape index (κ1) is 21.1. The van der Waals surface area contributed by atoms with Crippen molar-refractivity contribution in [2.24, 2.45) is 11.3 Å². The third-order valence-corrected chi connectivity index (χ3v) is 9.83. The number of aliphatic hydroxyl groups is 2. The Morgan fingerprint density at radius 2 is 2.03 bits per heavy atom. The number of ether oxygens (including phenoxy) is 1. The molecule has 178 valence electrons. The van der Waals surface area contributed by atoms with Crippen LogP contribution >= 0.6 is 0 Å². The number of nitrogens with one attached hydrogen (secondary N) is 1. The van der Waals surface area contributed by atoms with Gasteiger partial charge in [-0.2, -0.15) is 0 Å². The number of aromatic amines is 1. The van der Waals surface area contributed by atoms with Crippen molar-refractivity contribution in [3.05, 3.63) is 59.5 Å². The van der Waals surface area contributed by atoms with Crippen LogP contribution in [0.15, 0.2) is 53.9 Å². The number of rotatable bonds is 2. The van der Waals surface area contributed by atoms with Crippen molar-refractivity contribution >= 4 is 16.6 Å². The summed E-state index contributed by atoms with van der Waals surface area (Å²) in [6, 6.07) is 6.43. The van der Waals surface area contributed by atoms with E-state index in [0.717, 1.165) is 48.7 Å². The van der Waals surface area contributed by atoms with Gasteiger partial charge in [0.25, 0.3) is 0 Å². The number of allylic oxidation sites excluding steroid dienone is 3. The van der Waals surface area contributed by atoms with Gasteiger partial charge in [0.05, 0.1) is 34.7 Å². The van der Waals surface area contributed by atoms with Crippen LogP contribution in [0, 0.1) is 11.3 Å². The third-order valence-electron chi connectivity index (χ3n) is 9.83. The summed E-state index contributed by atoms with van der Waals surface area (Å²) in [4.78, 5) is 9.71. The van der Waals surface area contributed by atoms with Crippen molar-refractivity contribution in [3.63, 3.8) is 0 Å². The van der Waals surface area contributed by atoms with Gasteiger partial charge in [0.1, 0.15) is 6.10 Å². The molecule has 7 rings (SSSR count). The van der Waals surface area contributed by atoms with Crippen molar-refractivity contribution in [1.82, 2.24) is 14.9 Å². The van der Waals surface area contributed by atoms with Gasteiger partial charge in [-0.1, -0.05) is 31.2 Å². The van der Waals surface area contributed by atoms with Crippen LogP contribution in [0.4, 0.5) is 0 Å². The minimum atomic E-state index is -0.885. The van der Waals surface area contributed by atoms with Crippen LogP contribution in [0.25, 0.3) is 16.6 Å². The Balaban J connectivity index is 1.30. The molecule has 1 saturated heterocycles. The van der Waals surface area contributed by atoms with Crippen LogP contribution < -0.4 is 0 Å². The Morgan fingerprint density at radius 3 is 2.85 bits per heavy atom. The molecule has 2 aromatic rings. The van der Waals surface area contributed by atoms with Gasteiger partial charge in [-0.15, -0.1) is 0 Å². The molecule has 3 heterocycles. The second-order valence-electron chi connectivity index (χ2n) is 11.6. The van der Waals surface area contributed by atoms with E-state index in [-0.39, 0.29) is 17.1 Å². The lowest BCUT2D eigenvalue weighted by atomic mass is 9.58. The second kappa shape index (κ2) is 6.70. The predicted octanol–water partition coefficient (Wildman–Crippen LogP) is 3.59. The van der Waals surface area contributed by atoms with Crippen molar-refractivity contribution in [2.75, 3.05) is 14.1 Å². The number of benzene rings is 1. The first-order valence-electron chi connectivity index (χ1n) is 12.6. The lowest BCUT2D eigenvalue weighted by molar-refractivity contribution is -0.161. The summed E-state index contributed by atoms with van der Waals surface area (Å²) < 4.78 is 7.22. The molecule has 3 N–H and O–H groups in total. The van der Waals surface area contributed by atoms with Crippen LogP contribution in [-0.2, 0) is 4.74 Å². The van der Waals surface area contributed by atoms with E-state index < -0.39 is 17.8 Å². The highest BCUT2D eigenvalue weighted by Crippen LogP contribution is 2.67. The molecule has 2 spiro atoms. The number of H-pyrrole nitrogens is 1. The smallest absolute Gasteiger partial charge is 0.105 e. The van der Waals surface area contributed by atoms with Gasteiger partial charge in [-0.3, -0.25) is 0 Å². The molecule has 2 bridgehead atoms. The molecule has 2 aliphatic heterocycles. The Bertz CT molecular complexity index is 1290. The van der Waals surface area contributed by atoms with Gasteiger partial charge in [-0.25, -0.2) is 4.98 Å². The monoisotopic (exact) mass is 459 g/mol. The van der Waals surface area contributed by atoms with Crippen LogP contribution in [0.3, 0.4) is 0 Å². The summed E-state index contributed by atoms with van der Waals surface area (Å²) in [5.41, 5.74) is 5.98. The fourth-order valence-corrected chi connectivity index (χ4v) is 8.04. The molecule has 1 aromatic carbocycles. The van der Waals surface area contributed by atoms with Crippen LogP contribution in [0.2, 0.25) is 0 Å². The van der Waals surface area contributed by atoms with E-state index in [2.05, 4.69) is 53.3 Å². The summed E-state index contributed by atoms with van der Waals surface area (Å²) >= 11 is 0. The number of nitrogens with zero attached hydrogens (tertiary/aromatic N) is 2. The SMILES string of the molecule is CN(C)[C@H]1C[C@@]23CC[C@@]4(O2)C(=CC[C@]2(C)C(c5ccc6[nH]cnc6c5)=CCC24)C=C3[C@@H](O)[C@@H]1O. The zero-order chi connectivity index (χ0) is 23.5. The zero-order valence-corrected chi connectivity index (χ0v) is 20.1. The number of aromatic nitrogens is 2. The maximum atomic E-state index is 11.1. The molecule has 1 unspecified atom stereocenters. The number of hydrogen-bond acceptors (Lipinski definition) is 5. The summed E-state index contributed by atoms with van der Waals surface area (Å²) in [6.45, 7) is 2.41. The van der Waals surface area contributed by atoms with Crippen LogP contribution in [-0.4, -0.2) is 68.6 Å². The molecule has 1 aromatic heterocycles. The number of likely N-dealkylation sites (N-methyl/N-ethyl adjacent to an activating group) is 1. The lowest BCUT2D eigenvalue weighted by Gasteiger charge is -2.55. The Morgan fingerprint density at radius 1 is 1.18 bits per heavy atom. The fourth-order valence-electron chi connectivity index (χ4n) is 8.04. The average Bonchev–Trinajstić information content (AvgIpc) is 3.50. The standard InChI is InChI=1S/C28H33N3O3/c1-26-9-8-17-13-19-24(32)25(33)22(31(2)3)14-27(19)10-11-28(17,34-27)23(26)7-5-18(26)16-4-6-20-21(12-16)30-15-29-20/h4-6,8,12-13,15,22-25,32-33H,7,9-11,14H2,1-3H3,(H,29,30)/t22-,23?,24+,25+,26+,27+,28+/m0/s1. The molecule has 5 aliphatic rings. The highest BCUT2D eigenvalue weighted by molar-refractivity contribution is 5.83. The number of imidazole rings is 1. The van der Waals surface area contributed by atoms with Crippen molar-refractivity contribution in [2.45, 2.75) is 68.5 Å². The normalized spacial score (nSPS) is 42.7. The van der Waals surface area contributed by atoms with Crippen molar-refractivity contribution in [3.8, 4) is 0 Å². The first-order valence-corrected chi connectivity index (χ1v) is 12.6. The van der Waals surface area contributed by atoms with E-state index >= 15 is 0 Å². The Hall–Kier alpha value is -2.25. The van der Waals surface area contributed by atoms with Gasteiger partial charge in [0, 0.05) is 17.4 Å². The summed E-state index contributed by atoms with van der Waals surface area (Å²) in [7, 11) is 3.96. The van der Waals surface area contributed by atoms with Gasteiger partial charge in [0.2, 0.25) is 0 Å². The molecule has 7 atom stereocenters. The van der Waals surface area contributed by atoms with Crippen LogP contribution in [0.1, 0.15) is 44.6 Å². The zero-order valence-electron chi connectivity index (χ0n) is 20.1. The highest BCUT2D eigenvalue weighted by Gasteiger charge is 2.67. The van der Waals surface area contributed by atoms with Gasteiger partial charge in [-0.05, 0) is 80.6 Å². The molecule has 1 saturated carbocycles.